The number of amides is 2. The summed E-state index contributed by atoms with van der Waals surface area (Å²) in [5.74, 6) is -1.34. The number of rotatable bonds is 5. The van der Waals surface area contributed by atoms with Gasteiger partial charge in [-0.15, -0.1) is 0 Å². The van der Waals surface area contributed by atoms with Gasteiger partial charge in [-0.2, -0.15) is 0 Å². The minimum atomic E-state index is -0.688. The van der Waals surface area contributed by atoms with Gasteiger partial charge >= 0.3 is 6.03 Å². The molecule has 0 radical (unpaired) electrons. The summed E-state index contributed by atoms with van der Waals surface area (Å²) in [6.45, 7) is 2.07. The molecule has 1 aliphatic carbocycles. The van der Waals surface area contributed by atoms with Crippen molar-refractivity contribution in [2.75, 3.05) is 13.2 Å². The molecule has 110 valence electrons. The van der Waals surface area contributed by atoms with Crippen LogP contribution in [0.5, 0.6) is 0 Å². The van der Waals surface area contributed by atoms with Crippen LogP contribution < -0.4 is 10.6 Å². The number of hydrogen-bond donors (Lipinski definition) is 3. The van der Waals surface area contributed by atoms with Crippen molar-refractivity contribution in [1.29, 1.82) is 0 Å². The Morgan fingerprint density at radius 3 is 2.70 bits per heavy atom. The van der Waals surface area contributed by atoms with Crippen LogP contribution in [0.4, 0.5) is 13.6 Å². The predicted octanol–water partition coefficient (Wildman–Crippen LogP) is 2.10. The van der Waals surface area contributed by atoms with Crippen molar-refractivity contribution in [3.8, 4) is 0 Å². The molecule has 0 aliphatic heterocycles. The van der Waals surface area contributed by atoms with Gasteiger partial charge < -0.3 is 15.7 Å². The molecule has 1 fully saturated rings. The quantitative estimate of drug-likeness (QED) is 0.775. The van der Waals surface area contributed by atoms with Gasteiger partial charge in [0, 0.05) is 23.6 Å². The topological polar surface area (TPSA) is 61.4 Å². The van der Waals surface area contributed by atoms with Crippen LogP contribution in [0.2, 0.25) is 0 Å². The monoisotopic (exact) mass is 284 g/mol. The Balaban J connectivity index is 1.87. The number of carbonyl (C=O) groups excluding carboxylic acids is 1. The van der Waals surface area contributed by atoms with Crippen LogP contribution in [0, 0.1) is 17.0 Å². The average Bonchev–Trinajstić information content (AvgIpc) is 3.17. The van der Waals surface area contributed by atoms with E-state index in [1.807, 2.05) is 0 Å². The fourth-order valence-corrected chi connectivity index (χ4v) is 2.01. The summed E-state index contributed by atoms with van der Waals surface area (Å²) >= 11 is 0. The first-order valence-corrected chi connectivity index (χ1v) is 6.56. The second-order valence-electron chi connectivity index (χ2n) is 5.37. The number of carbonyl (C=O) groups is 1. The van der Waals surface area contributed by atoms with Crippen LogP contribution in [-0.2, 0) is 0 Å². The molecule has 20 heavy (non-hydrogen) atoms. The van der Waals surface area contributed by atoms with E-state index in [4.69, 9.17) is 5.11 Å². The lowest BCUT2D eigenvalue weighted by molar-refractivity contribution is 0.202. The molecule has 1 unspecified atom stereocenters. The molecule has 2 amide bonds. The third-order valence-electron chi connectivity index (χ3n) is 3.69. The molecule has 2 rings (SSSR count). The smallest absolute Gasteiger partial charge is 0.315 e. The van der Waals surface area contributed by atoms with Crippen LogP contribution in [0.1, 0.15) is 31.4 Å². The maximum Gasteiger partial charge on any atom is 0.315 e. The number of aliphatic hydroxyl groups excluding tert-OH is 1. The summed E-state index contributed by atoms with van der Waals surface area (Å²) in [6, 6.07) is 2.25. The van der Waals surface area contributed by atoms with Gasteiger partial charge in [-0.3, -0.25) is 0 Å². The first kappa shape index (κ1) is 14.7. The molecule has 1 aromatic carbocycles. The van der Waals surface area contributed by atoms with Crippen molar-refractivity contribution in [1.82, 2.24) is 10.6 Å². The Morgan fingerprint density at radius 2 is 2.15 bits per heavy atom. The third kappa shape index (κ3) is 3.45. The van der Waals surface area contributed by atoms with Crippen molar-refractivity contribution >= 4 is 6.03 Å². The van der Waals surface area contributed by atoms with Gasteiger partial charge in [0.15, 0.2) is 0 Å². The molecule has 0 bridgehead atoms. The van der Waals surface area contributed by atoms with E-state index in [9.17, 15) is 13.6 Å². The molecular weight excluding hydrogens is 266 g/mol. The van der Waals surface area contributed by atoms with Crippen molar-refractivity contribution in [3.63, 3.8) is 0 Å². The van der Waals surface area contributed by atoms with E-state index in [1.165, 1.54) is 6.07 Å². The molecule has 1 saturated carbocycles. The molecule has 0 saturated heterocycles. The van der Waals surface area contributed by atoms with E-state index in [2.05, 4.69) is 10.6 Å². The first-order chi connectivity index (χ1) is 9.46. The zero-order valence-electron chi connectivity index (χ0n) is 11.2. The Labute approximate surface area is 116 Å². The lowest BCUT2D eigenvalue weighted by atomic mass is 10.1. The van der Waals surface area contributed by atoms with Crippen LogP contribution in [-0.4, -0.2) is 24.3 Å². The first-order valence-electron chi connectivity index (χ1n) is 6.56. The zero-order valence-corrected chi connectivity index (χ0v) is 11.2. The van der Waals surface area contributed by atoms with Gasteiger partial charge in [-0.05, 0) is 25.8 Å². The highest BCUT2D eigenvalue weighted by molar-refractivity contribution is 5.74. The van der Waals surface area contributed by atoms with Crippen molar-refractivity contribution in [3.05, 3.63) is 35.4 Å². The fourth-order valence-electron chi connectivity index (χ4n) is 2.01. The number of aliphatic hydroxyl groups is 1. The standard InChI is InChI=1S/C14H18F2N2O2/c1-9(11-3-2-10(15)6-12(11)16)18-13(20)17-7-14(8-19)4-5-14/h2-3,6,9,19H,4-5,7-8H2,1H3,(H2,17,18,20). The van der Waals surface area contributed by atoms with Crippen LogP contribution >= 0.6 is 0 Å². The van der Waals surface area contributed by atoms with E-state index in [-0.39, 0.29) is 17.6 Å². The van der Waals surface area contributed by atoms with Gasteiger partial charge in [0.2, 0.25) is 0 Å². The molecule has 0 spiro atoms. The predicted molar refractivity (Wildman–Crippen MR) is 70.1 cm³/mol. The van der Waals surface area contributed by atoms with Gasteiger partial charge in [0.25, 0.3) is 0 Å². The van der Waals surface area contributed by atoms with Crippen molar-refractivity contribution < 1.29 is 18.7 Å². The lowest BCUT2D eigenvalue weighted by Gasteiger charge is -2.18. The van der Waals surface area contributed by atoms with E-state index in [1.54, 1.807) is 6.92 Å². The highest BCUT2D eigenvalue weighted by Crippen LogP contribution is 2.44. The maximum absolute atomic E-state index is 13.5. The average molecular weight is 284 g/mol. The summed E-state index contributed by atoms with van der Waals surface area (Å²) in [5.41, 5.74) is 0.0478. The summed E-state index contributed by atoms with van der Waals surface area (Å²) in [4.78, 5) is 11.7. The number of benzene rings is 1. The molecule has 1 atom stereocenters. The summed E-state index contributed by atoms with van der Waals surface area (Å²) < 4.78 is 26.4. The Bertz CT molecular complexity index is 504. The van der Waals surface area contributed by atoms with Crippen LogP contribution in [0.15, 0.2) is 18.2 Å². The number of hydrogen-bond acceptors (Lipinski definition) is 2. The second kappa shape index (κ2) is 5.75. The minimum Gasteiger partial charge on any atom is -0.396 e. The molecule has 3 N–H and O–H groups in total. The molecule has 6 heteroatoms. The molecule has 4 nitrogen and oxygen atoms in total. The van der Waals surface area contributed by atoms with Crippen LogP contribution in [0.25, 0.3) is 0 Å². The van der Waals surface area contributed by atoms with E-state index in [0.717, 1.165) is 25.0 Å². The molecule has 0 aromatic heterocycles. The lowest BCUT2D eigenvalue weighted by Crippen LogP contribution is -2.40. The highest BCUT2D eigenvalue weighted by atomic mass is 19.1. The fraction of sp³-hybridized carbons (Fsp3) is 0.500. The zero-order chi connectivity index (χ0) is 14.8. The normalized spacial score (nSPS) is 17.4. The van der Waals surface area contributed by atoms with E-state index in [0.29, 0.717) is 6.54 Å². The molecule has 0 heterocycles. The number of nitrogens with one attached hydrogen (secondary N) is 2. The van der Waals surface area contributed by atoms with Gasteiger partial charge in [0.1, 0.15) is 11.6 Å². The molecular formula is C14H18F2N2O2. The Kier molecular flexibility index (Phi) is 4.23. The number of halogens is 2. The summed E-state index contributed by atoms with van der Waals surface area (Å²) in [7, 11) is 0. The maximum atomic E-state index is 13.5. The molecule has 1 aliphatic rings. The SMILES string of the molecule is CC(NC(=O)NCC1(CO)CC1)c1ccc(F)cc1F. The third-order valence-corrected chi connectivity index (χ3v) is 3.69. The summed E-state index contributed by atoms with van der Waals surface area (Å²) in [5, 5.41) is 14.4. The van der Waals surface area contributed by atoms with Gasteiger partial charge in [0.05, 0.1) is 12.6 Å². The highest BCUT2D eigenvalue weighted by Gasteiger charge is 2.42. The van der Waals surface area contributed by atoms with Crippen LogP contribution in [0.3, 0.4) is 0 Å². The van der Waals surface area contributed by atoms with Crippen molar-refractivity contribution in [2.24, 2.45) is 5.41 Å². The molecule has 1 aromatic rings. The number of urea groups is 1. The Morgan fingerprint density at radius 1 is 1.45 bits per heavy atom. The van der Waals surface area contributed by atoms with Crippen molar-refractivity contribution in [2.45, 2.75) is 25.8 Å². The van der Waals surface area contributed by atoms with Gasteiger partial charge in [-0.1, -0.05) is 6.07 Å². The largest absolute Gasteiger partial charge is 0.396 e. The second-order valence-corrected chi connectivity index (χ2v) is 5.37. The Hall–Kier alpha value is -1.69. The van der Waals surface area contributed by atoms with Gasteiger partial charge in [-0.25, -0.2) is 13.6 Å². The van der Waals surface area contributed by atoms with E-state index < -0.39 is 23.7 Å². The summed E-state index contributed by atoms with van der Waals surface area (Å²) in [6.07, 6.45) is 1.79. The minimum absolute atomic E-state index is 0.0510. The van der Waals surface area contributed by atoms with E-state index >= 15 is 0 Å².